The molecule has 0 amide bonds. The van der Waals surface area contributed by atoms with Gasteiger partial charge < -0.3 is 18.9 Å². The highest BCUT2D eigenvalue weighted by Gasteiger charge is 2.45. The van der Waals surface area contributed by atoms with Crippen LogP contribution in [-0.2, 0) is 18.9 Å². The van der Waals surface area contributed by atoms with E-state index in [4.69, 9.17) is 18.9 Å². The van der Waals surface area contributed by atoms with Crippen molar-refractivity contribution in [2.45, 2.75) is 22.9 Å². The van der Waals surface area contributed by atoms with E-state index >= 15 is 0 Å². The highest BCUT2D eigenvalue weighted by molar-refractivity contribution is 8.00. The van der Waals surface area contributed by atoms with Crippen LogP contribution in [-0.4, -0.2) is 57.9 Å². The van der Waals surface area contributed by atoms with Crippen LogP contribution >= 0.6 is 11.8 Å². The first kappa shape index (κ1) is 12.3. The molecule has 1 fully saturated rings. The lowest BCUT2D eigenvalue weighted by Gasteiger charge is -2.22. The van der Waals surface area contributed by atoms with Crippen LogP contribution in [0.1, 0.15) is 0 Å². The Kier molecular flexibility index (Phi) is 5.19. The van der Waals surface area contributed by atoms with Gasteiger partial charge in [-0.15, -0.1) is 11.8 Å². The van der Waals surface area contributed by atoms with Crippen molar-refractivity contribution >= 4 is 11.8 Å². The van der Waals surface area contributed by atoms with Crippen molar-refractivity contribution < 1.29 is 18.9 Å². The normalized spacial score (nSPS) is 37.7. The SMILES string of the molecule is COCC1SC(OC)C(OC)C1OC. The fraction of sp³-hybridized carbons (Fsp3) is 1.00. The maximum Gasteiger partial charge on any atom is 0.132 e. The van der Waals surface area contributed by atoms with E-state index < -0.39 is 0 Å². The van der Waals surface area contributed by atoms with E-state index in [9.17, 15) is 0 Å². The molecule has 1 aliphatic heterocycles. The van der Waals surface area contributed by atoms with E-state index in [1.165, 1.54) is 0 Å². The van der Waals surface area contributed by atoms with Crippen molar-refractivity contribution in [3.05, 3.63) is 0 Å². The highest BCUT2D eigenvalue weighted by atomic mass is 32.2. The number of rotatable bonds is 5. The number of methoxy groups -OCH3 is 4. The molecule has 14 heavy (non-hydrogen) atoms. The van der Waals surface area contributed by atoms with Gasteiger partial charge in [-0.2, -0.15) is 0 Å². The molecule has 0 aliphatic carbocycles. The molecule has 0 bridgehead atoms. The third kappa shape index (κ3) is 2.41. The minimum Gasteiger partial charge on any atom is -0.383 e. The van der Waals surface area contributed by atoms with Crippen LogP contribution in [0.15, 0.2) is 0 Å². The second-order valence-corrected chi connectivity index (χ2v) is 4.48. The van der Waals surface area contributed by atoms with Crippen LogP contribution in [0.5, 0.6) is 0 Å². The van der Waals surface area contributed by atoms with Crippen LogP contribution in [0.2, 0.25) is 0 Å². The van der Waals surface area contributed by atoms with Gasteiger partial charge in [-0.1, -0.05) is 0 Å². The lowest BCUT2D eigenvalue weighted by atomic mass is 10.1. The molecule has 4 unspecified atom stereocenters. The van der Waals surface area contributed by atoms with Crippen molar-refractivity contribution in [2.24, 2.45) is 0 Å². The molecule has 84 valence electrons. The summed E-state index contributed by atoms with van der Waals surface area (Å²) in [5.41, 5.74) is 0.0325. The summed E-state index contributed by atoms with van der Waals surface area (Å²) in [6.07, 6.45) is 0.0186. The second kappa shape index (κ2) is 5.92. The predicted molar refractivity (Wildman–Crippen MR) is 55.6 cm³/mol. The van der Waals surface area contributed by atoms with E-state index in [1.807, 2.05) is 0 Å². The fourth-order valence-electron chi connectivity index (χ4n) is 1.71. The number of ether oxygens (including phenoxy) is 4. The highest BCUT2D eigenvalue weighted by Crippen LogP contribution is 2.37. The van der Waals surface area contributed by atoms with Crippen LogP contribution in [0.3, 0.4) is 0 Å². The second-order valence-electron chi connectivity index (χ2n) is 3.13. The fourth-order valence-corrected chi connectivity index (χ4v) is 3.22. The maximum absolute atomic E-state index is 5.41. The Morgan fingerprint density at radius 2 is 1.57 bits per heavy atom. The summed E-state index contributed by atoms with van der Waals surface area (Å²) in [4.78, 5) is 0. The van der Waals surface area contributed by atoms with Crippen molar-refractivity contribution in [3.63, 3.8) is 0 Å². The first-order chi connectivity index (χ1) is 6.78. The average molecular weight is 222 g/mol. The number of hydrogen-bond acceptors (Lipinski definition) is 5. The molecule has 0 aromatic rings. The molecule has 0 radical (unpaired) electrons. The van der Waals surface area contributed by atoms with Gasteiger partial charge in [-0.25, -0.2) is 0 Å². The lowest BCUT2D eigenvalue weighted by Crippen LogP contribution is -2.37. The van der Waals surface area contributed by atoms with Crippen molar-refractivity contribution in [2.75, 3.05) is 35.0 Å². The number of hydrogen-bond donors (Lipinski definition) is 0. The zero-order chi connectivity index (χ0) is 10.6. The smallest absolute Gasteiger partial charge is 0.132 e. The molecular weight excluding hydrogens is 204 g/mol. The minimum absolute atomic E-state index is 0.0184. The molecule has 0 N–H and O–H groups in total. The van der Waals surface area contributed by atoms with Crippen LogP contribution in [0.25, 0.3) is 0 Å². The molecule has 0 saturated carbocycles. The lowest BCUT2D eigenvalue weighted by molar-refractivity contribution is -0.0717. The first-order valence-electron chi connectivity index (χ1n) is 4.51. The van der Waals surface area contributed by atoms with E-state index in [0.717, 1.165) is 0 Å². The van der Waals surface area contributed by atoms with Gasteiger partial charge in [0, 0.05) is 28.4 Å². The molecule has 4 atom stereocenters. The third-order valence-corrected chi connectivity index (χ3v) is 3.86. The molecular formula is C9H18O4S. The van der Waals surface area contributed by atoms with E-state index in [1.54, 1.807) is 40.2 Å². The minimum atomic E-state index is -0.0184. The first-order valence-corrected chi connectivity index (χ1v) is 5.45. The summed E-state index contributed by atoms with van der Waals surface area (Å²) in [5, 5.41) is 0.278. The largest absolute Gasteiger partial charge is 0.383 e. The summed E-state index contributed by atoms with van der Waals surface area (Å²) in [7, 11) is 6.75. The Balaban J connectivity index is 2.62. The van der Waals surface area contributed by atoms with E-state index in [2.05, 4.69) is 0 Å². The Labute approximate surface area is 89.2 Å². The molecule has 4 nitrogen and oxygen atoms in total. The van der Waals surface area contributed by atoms with Crippen molar-refractivity contribution in [3.8, 4) is 0 Å². The molecule has 0 aromatic heterocycles. The Hall–Kier alpha value is 0.190. The molecule has 1 aliphatic rings. The molecule has 5 heteroatoms. The van der Waals surface area contributed by atoms with Crippen LogP contribution < -0.4 is 0 Å². The third-order valence-electron chi connectivity index (χ3n) is 2.37. The van der Waals surface area contributed by atoms with Crippen LogP contribution in [0.4, 0.5) is 0 Å². The van der Waals surface area contributed by atoms with Crippen molar-refractivity contribution in [1.82, 2.24) is 0 Å². The summed E-state index contributed by atoms with van der Waals surface area (Å²) in [5.74, 6) is 0. The van der Waals surface area contributed by atoms with Gasteiger partial charge in [0.25, 0.3) is 0 Å². The summed E-state index contributed by atoms with van der Waals surface area (Å²) in [6, 6.07) is 0. The molecule has 0 aromatic carbocycles. The summed E-state index contributed by atoms with van der Waals surface area (Å²) in [6.45, 7) is 0.656. The summed E-state index contributed by atoms with van der Waals surface area (Å²) >= 11 is 1.70. The zero-order valence-electron chi connectivity index (χ0n) is 9.06. The Morgan fingerprint density at radius 1 is 0.929 bits per heavy atom. The van der Waals surface area contributed by atoms with Crippen molar-refractivity contribution in [1.29, 1.82) is 0 Å². The monoisotopic (exact) mass is 222 g/mol. The maximum atomic E-state index is 5.41. The van der Waals surface area contributed by atoms with Gasteiger partial charge in [0.1, 0.15) is 17.6 Å². The van der Waals surface area contributed by atoms with E-state index in [0.29, 0.717) is 6.61 Å². The van der Waals surface area contributed by atoms with Gasteiger partial charge >= 0.3 is 0 Å². The van der Waals surface area contributed by atoms with Gasteiger partial charge in [0.05, 0.1) is 11.9 Å². The Morgan fingerprint density at radius 3 is 2.00 bits per heavy atom. The molecule has 0 spiro atoms. The summed E-state index contributed by atoms with van der Waals surface area (Å²) < 4.78 is 21.2. The zero-order valence-corrected chi connectivity index (χ0v) is 9.87. The predicted octanol–water partition coefficient (Wildman–Crippen LogP) is 0.751. The standard InChI is InChI=1S/C9H18O4S/c1-10-5-6-7(11-2)8(12-3)9(13-4)14-6/h6-9H,5H2,1-4H3. The molecule has 1 heterocycles. The quantitative estimate of drug-likeness (QED) is 0.686. The Bertz CT molecular complexity index is 167. The molecule has 1 saturated heterocycles. The topological polar surface area (TPSA) is 36.9 Å². The van der Waals surface area contributed by atoms with Gasteiger partial charge in [0.15, 0.2) is 0 Å². The van der Waals surface area contributed by atoms with Crippen LogP contribution in [0, 0.1) is 0 Å². The van der Waals surface area contributed by atoms with Gasteiger partial charge in [0.2, 0.25) is 0 Å². The average Bonchev–Trinajstić information content (AvgIpc) is 2.55. The van der Waals surface area contributed by atoms with Gasteiger partial charge in [-0.05, 0) is 0 Å². The number of thioether (sulfide) groups is 1. The van der Waals surface area contributed by atoms with Gasteiger partial charge in [-0.3, -0.25) is 0 Å². The van der Waals surface area contributed by atoms with E-state index in [-0.39, 0.29) is 22.9 Å². The molecule has 1 rings (SSSR count).